The van der Waals surface area contributed by atoms with E-state index in [-0.39, 0.29) is 0 Å². The lowest BCUT2D eigenvalue weighted by molar-refractivity contribution is 0.277. The molecule has 0 saturated heterocycles. The Morgan fingerprint density at radius 2 is 1.90 bits per heavy atom. The van der Waals surface area contributed by atoms with Gasteiger partial charge in [0.05, 0.1) is 5.69 Å². The largest absolute Gasteiger partial charge is 0.482 e. The van der Waals surface area contributed by atoms with Gasteiger partial charge in [0.25, 0.3) is 0 Å². The van der Waals surface area contributed by atoms with Crippen molar-refractivity contribution < 1.29 is 9.15 Å². The summed E-state index contributed by atoms with van der Waals surface area (Å²) in [4.78, 5) is 4.56. The van der Waals surface area contributed by atoms with Crippen LogP contribution >= 0.6 is 11.6 Å². The van der Waals surface area contributed by atoms with E-state index >= 15 is 0 Å². The zero-order valence-corrected chi connectivity index (χ0v) is 16.9. The van der Waals surface area contributed by atoms with Gasteiger partial charge in [-0.15, -0.1) is 0 Å². The molecule has 2 aromatic carbocycles. The van der Waals surface area contributed by atoms with Crippen LogP contribution in [0, 0.1) is 13.8 Å². The number of hydrogen-bond donors (Lipinski definition) is 0. The van der Waals surface area contributed by atoms with E-state index in [0.717, 1.165) is 44.9 Å². The van der Waals surface area contributed by atoms with Gasteiger partial charge in [-0.2, -0.15) is 0 Å². The molecule has 3 heterocycles. The van der Waals surface area contributed by atoms with Gasteiger partial charge in [-0.05, 0) is 55.8 Å². The molecule has 29 heavy (non-hydrogen) atoms. The predicted octanol–water partition coefficient (Wildman–Crippen LogP) is 6.60. The first kappa shape index (κ1) is 17.8. The van der Waals surface area contributed by atoms with Gasteiger partial charge in [0.2, 0.25) is 0 Å². The van der Waals surface area contributed by atoms with Gasteiger partial charge in [-0.1, -0.05) is 35.4 Å². The van der Waals surface area contributed by atoms with Crippen molar-refractivity contribution >= 4 is 28.2 Å². The Labute approximate surface area is 173 Å². The minimum atomic E-state index is 0.303. The molecule has 0 aliphatic rings. The van der Waals surface area contributed by atoms with E-state index in [2.05, 4.69) is 24.0 Å². The molecule has 0 fully saturated rings. The maximum atomic E-state index is 6.19. The normalized spacial score (nSPS) is 11.4. The first-order valence-electron chi connectivity index (χ1n) is 9.43. The molecule has 0 radical (unpaired) electrons. The number of aryl methyl sites for hydroxylation is 2. The quantitative estimate of drug-likeness (QED) is 0.340. The number of hydrogen-bond acceptors (Lipinski definition) is 3. The molecule has 5 aromatic rings. The summed E-state index contributed by atoms with van der Waals surface area (Å²) in [6.45, 7) is 4.35. The molecule has 0 aliphatic heterocycles. The highest BCUT2D eigenvalue weighted by molar-refractivity contribution is 6.30. The fourth-order valence-corrected chi connectivity index (χ4v) is 3.79. The van der Waals surface area contributed by atoms with Crippen molar-refractivity contribution in [1.29, 1.82) is 0 Å². The van der Waals surface area contributed by atoms with Crippen molar-refractivity contribution in [2.75, 3.05) is 0 Å². The number of fused-ring (bicyclic) bond motifs is 2. The summed E-state index contributed by atoms with van der Waals surface area (Å²) in [7, 11) is 0. The van der Waals surface area contributed by atoms with E-state index in [1.54, 1.807) is 0 Å². The summed E-state index contributed by atoms with van der Waals surface area (Å²) in [5.74, 6) is 1.50. The highest BCUT2D eigenvalue weighted by Gasteiger charge is 2.17. The lowest BCUT2D eigenvalue weighted by Gasteiger charge is -2.08. The average molecular weight is 403 g/mol. The van der Waals surface area contributed by atoms with Crippen LogP contribution in [-0.4, -0.2) is 9.38 Å². The highest BCUT2D eigenvalue weighted by atomic mass is 35.5. The van der Waals surface area contributed by atoms with Gasteiger partial charge in [-0.25, -0.2) is 4.98 Å². The van der Waals surface area contributed by atoms with Crippen molar-refractivity contribution in [2.45, 2.75) is 20.5 Å². The monoisotopic (exact) mass is 402 g/mol. The molecule has 0 bridgehead atoms. The molecular formula is C24H19ClN2O2. The summed E-state index contributed by atoms with van der Waals surface area (Å²) in [6.07, 6.45) is 3.94. The summed E-state index contributed by atoms with van der Waals surface area (Å²) >= 11 is 6.10. The predicted molar refractivity (Wildman–Crippen MR) is 116 cm³/mol. The molecule has 144 valence electrons. The van der Waals surface area contributed by atoms with Crippen molar-refractivity contribution in [3.63, 3.8) is 0 Å². The van der Waals surface area contributed by atoms with Gasteiger partial charge in [-0.3, -0.25) is 0 Å². The van der Waals surface area contributed by atoms with Gasteiger partial charge < -0.3 is 13.6 Å². The van der Waals surface area contributed by atoms with E-state index in [4.69, 9.17) is 20.8 Å². The third-order valence-corrected chi connectivity index (χ3v) is 5.23. The van der Waals surface area contributed by atoms with Gasteiger partial charge >= 0.3 is 0 Å². The Morgan fingerprint density at radius 1 is 1.07 bits per heavy atom. The maximum Gasteiger partial charge on any atom is 0.179 e. The Hall–Kier alpha value is -3.24. The first-order valence-corrected chi connectivity index (χ1v) is 9.81. The Kier molecular flexibility index (Phi) is 4.29. The second kappa shape index (κ2) is 6.98. The fraction of sp³-hybridized carbons (Fsp3) is 0.125. The summed E-state index contributed by atoms with van der Waals surface area (Å²) < 4.78 is 14.3. The molecule has 0 N–H and O–H groups in total. The summed E-state index contributed by atoms with van der Waals surface area (Å²) in [5.41, 5.74) is 5.85. The van der Waals surface area contributed by atoms with Crippen LogP contribution < -0.4 is 4.74 Å². The van der Waals surface area contributed by atoms with Crippen LogP contribution in [0.25, 0.3) is 27.7 Å². The Bertz CT molecular complexity index is 1330. The SMILES string of the molecule is Cc1ccc2oc(COc3cccn4cc(C)nc34)c(-c3ccc(Cl)cc3)c2c1. The van der Waals surface area contributed by atoms with Crippen LogP contribution in [0.1, 0.15) is 17.0 Å². The van der Waals surface area contributed by atoms with E-state index < -0.39 is 0 Å². The smallest absolute Gasteiger partial charge is 0.179 e. The van der Waals surface area contributed by atoms with E-state index in [9.17, 15) is 0 Å². The number of pyridine rings is 1. The van der Waals surface area contributed by atoms with E-state index in [1.165, 1.54) is 5.56 Å². The molecule has 0 unspecified atom stereocenters. The molecule has 0 amide bonds. The van der Waals surface area contributed by atoms with Crippen LogP contribution in [0.2, 0.25) is 5.02 Å². The number of ether oxygens (including phenoxy) is 1. The van der Waals surface area contributed by atoms with Gasteiger partial charge in [0, 0.05) is 28.4 Å². The van der Waals surface area contributed by atoms with Gasteiger partial charge in [0.15, 0.2) is 17.2 Å². The van der Waals surface area contributed by atoms with Crippen LogP contribution in [0.5, 0.6) is 5.75 Å². The standard InChI is InChI=1S/C24H19ClN2O2/c1-15-5-10-20-19(12-15)23(17-6-8-18(25)9-7-17)22(29-20)14-28-21-4-3-11-27-13-16(2)26-24(21)27/h3-13H,14H2,1-2H3. The number of imidazole rings is 1. The maximum absolute atomic E-state index is 6.19. The molecule has 3 aromatic heterocycles. The Morgan fingerprint density at radius 3 is 2.72 bits per heavy atom. The average Bonchev–Trinajstić information content (AvgIpc) is 3.26. The summed E-state index contributed by atoms with van der Waals surface area (Å²) in [6, 6.07) is 17.9. The van der Waals surface area contributed by atoms with Gasteiger partial charge in [0.1, 0.15) is 12.2 Å². The zero-order valence-electron chi connectivity index (χ0n) is 16.1. The van der Waals surface area contributed by atoms with Crippen molar-refractivity contribution in [3.8, 4) is 16.9 Å². The lowest BCUT2D eigenvalue weighted by atomic mass is 10.0. The molecule has 5 heteroatoms. The molecule has 5 rings (SSSR count). The third-order valence-electron chi connectivity index (χ3n) is 4.98. The molecule has 0 atom stereocenters. The van der Waals surface area contributed by atoms with E-state index in [0.29, 0.717) is 11.6 Å². The first-order chi connectivity index (χ1) is 14.1. The molecular weight excluding hydrogens is 384 g/mol. The number of furan rings is 1. The number of aromatic nitrogens is 2. The minimum Gasteiger partial charge on any atom is -0.482 e. The third kappa shape index (κ3) is 3.26. The zero-order chi connectivity index (χ0) is 20.0. The number of halogens is 1. The number of rotatable bonds is 4. The molecule has 0 aliphatic carbocycles. The summed E-state index contributed by atoms with van der Waals surface area (Å²) in [5, 5.41) is 1.78. The molecule has 4 nitrogen and oxygen atoms in total. The molecule has 0 saturated carbocycles. The van der Waals surface area contributed by atoms with Crippen molar-refractivity contribution in [3.05, 3.63) is 89.0 Å². The van der Waals surface area contributed by atoms with Crippen molar-refractivity contribution in [2.24, 2.45) is 0 Å². The topological polar surface area (TPSA) is 39.7 Å². The number of nitrogens with zero attached hydrogens (tertiary/aromatic N) is 2. The van der Waals surface area contributed by atoms with Crippen LogP contribution in [0.15, 0.2) is 71.4 Å². The minimum absolute atomic E-state index is 0.303. The highest BCUT2D eigenvalue weighted by Crippen LogP contribution is 2.36. The second-order valence-corrected chi connectivity index (χ2v) is 7.62. The van der Waals surface area contributed by atoms with Crippen LogP contribution in [-0.2, 0) is 6.61 Å². The molecule has 0 spiro atoms. The second-order valence-electron chi connectivity index (χ2n) is 7.18. The fourth-order valence-electron chi connectivity index (χ4n) is 3.66. The number of benzene rings is 2. The van der Waals surface area contributed by atoms with Crippen LogP contribution in [0.3, 0.4) is 0 Å². The lowest BCUT2D eigenvalue weighted by Crippen LogP contribution is -1.98. The van der Waals surface area contributed by atoms with Crippen molar-refractivity contribution in [1.82, 2.24) is 9.38 Å². The van der Waals surface area contributed by atoms with Crippen LogP contribution in [0.4, 0.5) is 0 Å². The Balaban J connectivity index is 1.59. The van der Waals surface area contributed by atoms with E-state index in [1.807, 2.05) is 66.2 Å².